The van der Waals surface area contributed by atoms with Crippen LogP contribution in [0, 0.1) is 25.7 Å². The van der Waals surface area contributed by atoms with Crippen LogP contribution in [0.15, 0.2) is 60.7 Å². The van der Waals surface area contributed by atoms with Crippen LogP contribution in [0.5, 0.6) is 5.75 Å². The standard InChI is InChI=1S/C28H27O3S/c1-6-15-28(4,5)31-26(29)18-30-27-19(2)16-21(17-20(27)3)32-24-13-9-7-11-22(24)23-12-8-10-14-25(23)32/h7-14,16-17H,18H2,1-5H3/q+1. The largest absolute Gasteiger partial charge is 0.481 e. The Morgan fingerprint density at radius 3 is 2.00 bits per heavy atom. The fraction of sp³-hybridized carbons (Fsp3) is 0.250. The first kappa shape index (κ1) is 21.9. The van der Waals surface area contributed by atoms with E-state index in [-0.39, 0.29) is 17.1 Å². The smallest absolute Gasteiger partial charge is 0.345 e. The predicted molar refractivity (Wildman–Crippen MR) is 134 cm³/mol. The highest BCUT2D eigenvalue weighted by atomic mass is 32.2. The van der Waals surface area contributed by atoms with E-state index in [9.17, 15) is 4.79 Å². The highest BCUT2D eigenvalue weighted by Gasteiger charge is 2.25. The Labute approximate surface area is 191 Å². The van der Waals surface area contributed by atoms with Gasteiger partial charge < -0.3 is 9.47 Å². The summed E-state index contributed by atoms with van der Waals surface area (Å²) in [5.41, 5.74) is 1.19. The first-order valence-electron chi connectivity index (χ1n) is 10.6. The van der Waals surface area contributed by atoms with Crippen molar-refractivity contribution in [3.05, 3.63) is 71.8 Å². The number of hydrogen-bond acceptors (Lipinski definition) is 3. The van der Waals surface area contributed by atoms with Gasteiger partial charge >= 0.3 is 5.97 Å². The summed E-state index contributed by atoms with van der Waals surface area (Å²) in [6, 6.07) is 21.6. The summed E-state index contributed by atoms with van der Waals surface area (Å²) in [7, 11) is -0.160. The molecule has 4 heteroatoms. The van der Waals surface area contributed by atoms with Crippen molar-refractivity contribution in [3.8, 4) is 22.5 Å². The van der Waals surface area contributed by atoms with Crippen LogP contribution in [0.2, 0.25) is 0 Å². The molecule has 3 nitrogen and oxygen atoms in total. The molecule has 0 atom stereocenters. The monoisotopic (exact) mass is 443 g/mol. The molecule has 0 aliphatic rings. The van der Waals surface area contributed by atoms with Crippen molar-refractivity contribution in [2.75, 3.05) is 6.61 Å². The van der Waals surface area contributed by atoms with Crippen molar-refractivity contribution < 1.29 is 14.3 Å². The number of aryl methyl sites for hydroxylation is 2. The van der Waals surface area contributed by atoms with Gasteiger partial charge in [-0.05, 0) is 70.0 Å². The zero-order chi connectivity index (χ0) is 22.9. The quantitative estimate of drug-likeness (QED) is 0.188. The van der Waals surface area contributed by atoms with E-state index in [1.807, 2.05) is 13.8 Å². The van der Waals surface area contributed by atoms with E-state index in [2.05, 4.69) is 72.5 Å². The first-order chi connectivity index (χ1) is 15.3. The molecule has 0 aliphatic carbocycles. The molecule has 0 amide bonds. The number of esters is 1. The van der Waals surface area contributed by atoms with Crippen molar-refractivity contribution >= 4 is 36.6 Å². The van der Waals surface area contributed by atoms with Gasteiger partial charge in [0.1, 0.15) is 5.75 Å². The molecule has 162 valence electrons. The second-order valence-electron chi connectivity index (χ2n) is 8.33. The topological polar surface area (TPSA) is 35.5 Å². The number of rotatable bonds is 5. The van der Waals surface area contributed by atoms with E-state index < -0.39 is 11.6 Å². The van der Waals surface area contributed by atoms with Crippen molar-refractivity contribution in [1.29, 1.82) is 0 Å². The molecule has 0 saturated heterocycles. The average Bonchev–Trinajstić information content (AvgIpc) is 3.07. The highest BCUT2D eigenvalue weighted by Crippen LogP contribution is 2.49. The molecule has 32 heavy (non-hydrogen) atoms. The van der Waals surface area contributed by atoms with Crippen molar-refractivity contribution in [2.24, 2.45) is 0 Å². The van der Waals surface area contributed by atoms with Gasteiger partial charge in [-0.1, -0.05) is 30.2 Å². The highest BCUT2D eigenvalue weighted by molar-refractivity contribution is 7.50. The van der Waals surface area contributed by atoms with Gasteiger partial charge in [0.25, 0.3) is 0 Å². The molecule has 4 aromatic rings. The van der Waals surface area contributed by atoms with Gasteiger partial charge in [-0.3, -0.25) is 0 Å². The molecule has 1 aromatic heterocycles. The van der Waals surface area contributed by atoms with Crippen LogP contribution in [0.3, 0.4) is 0 Å². The number of fused-ring (bicyclic) bond motifs is 3. The Morgan fingerprint density at radius 1 is 0.938 bits per heavy atom. The lowest BCUT2D eigenvalue weighted by molar-refractivity contribution is -0.154. The summed E-state index contributed by atoms with van der Waals surface area (Å²) in [6.45, 7) is 9.17. The van der Waals surface area contributed by atoms with E-state index in [1.165, 1.54) is 25.1 Å². The molecule has 3 aromatic carbocycles. The first-order valence-corrected chi connectivity index (χ1v) is 11.9. The summed E-state index contributed by atoms with van der Waals surface area (Å²) in [5, 5.41) is 2.62. The molecule has 0 unspecified atom stereocenters. The van der Waals surface area contributed by atoms with Crippen LogP contribution < -0.4 is 4.74 Å². The lowest BCUT2D eigenvalue weighted by Gasteiger charge is -2.19. The summed E-state index contributed by atoms with van der Waals surface area (Å²) in [5.74, 6) is 5.97. The Balaban J connectivity index is 1.67. The Hall–Kier alpha value is -3.29. The minimum Gasteiger partial charge on any atom is -0.481 e. The number of ether oxygens (including phenoxy) is 2. The summed E-state index contributed by atoms with van der Waals surface area (Å²) in [4.78, 5) is 13.5. The number of carbonyl (C=O) groups excluding carboxylic acids is 1. The van der Waals surface area contributed by atoms with Gasteiger partial charge in [0.2, 0.25) is 0 Å². The fourth-order valence-electron chi connectivity index (χ4n) is 4.13. The van der Waals surface area contributed by atoms with Crippen LogP contribution in [-0.4, -0.2) is 18.2 Å². The molecule has 0 aliphatic heterocycles. The zero-order valence-electron chi connectivity index (χ0n) is 19.1. The average molecular weight is 444 g/mol. The van der Waals surface area contributed by atoms with Gasteiger partial charge in [-0.25, -0.2) is 4.79 Å². The zero-order valence-corrected chi connectivity index (χ0v) is 19.9. The number of benzene rings is 3. The van der Waals surface area contributed by atoms with E-state index in [4.69, 9.17) is 9.47 Å². The van der Waals surface area contributed by atoms with Crippen LogP contribution in [-0.2, 0) is 9.53 Å². The third kappa shape index (κ3) is 4.22. The van der Waals surface area contributed by atoms with E-state index in [0.29, 0.717) is 0 Å². The summed E-state index contributed by atoms with van der Waals surface area (Å²) < 4.78 is 14.0. The number of thiophene rings is 1. The maximum atomic E-state index is 12.3. The van der Waals surface area contributed by atoms with Crippen LogP contribution >= 0.6 is 10.5 Å². The van der Waals surface area contributed by atoms with Gasteiger partial charge in [0, 0.05) is 33.4 Å². The van der Waals surface area contributed by atoms with Gasteiger partial charge in [-0.15, -0.1) is 5.92 Å². The maximum absolute atomic E-state index is 12.3. The van der Waals surface area contributed by atoms with Crippen LogP contribution in [0.4, 0.5) is 0 Å². The predicted octanol–water partition coefficient (Wildman–Crippen LogP) is 7.07. The molecule has 0 bridgehead atoms. The lowest BCUT2D eigenvalue weighted by atomic mass is 10.1. The summed E-state index contributed by atoms with van der Waals surface area (Å²) >= 11 is 0. The van der Waals surface area contributed by atoms with E-state index in [1.54, 1.807) is 20.8 Å². The SMILES string of the molecule is CC#CC(C)(C)OC(=O)COc1c(C)cc(-[s+]2c3ccccc3c3ccccc32)cc1C. The van der Waals surface area contributed by atoms with Gasteiger partial charge in [-0.2, -0.15) is 0 Å². The van der Waals surface area contributed by atoms with Gasteiger partial charge in [0.05, 0.1) is 0 Å². The Kier molecular flexibility index (Phi) is 5.95. The number of hydrogen-bond donors (Lipinski definition) is 0. The van der Waals surface area contributed by atoms with Crippen molar-refractivity contribution in [2.45, 2.75) is 40.2 Å². The van der Waals surface area contributed by atoms with Crippen molar-refractivity contribution in [1.82, 2.24) is 0 Å². The molecule has 0 spiro atoms. The van der Waals surface area contributed by atoms with Crippen LogP contribution in [0.25, 0.3) is 25.1 Å². The van der Waals surface area contributed by atoms with Crippen LogP contribution in [0.1, 0.15) is 31.9 Å². The third-order valence-corrected chi connectivity index (χ3v) is 7.60. The fourth-order valence-corrected chi connectivity index (χ4v) is 6.69. The molecule has 1 heterocycles. The molecular formula is C28H27O3S+. The second kappa shape index (κ2) is 8.68. The molecule has 0 N–H and O–H groups in total. The molecule has 0 saturated carbocycles. The van der Waals surface area contributed by atoms with E-state index in [0.717, 1.165) is 16.9 Å². The Morgan fingerprint density at radius 2 is 1.47 bits per heavy atom. The van der Waals surface area contributed by atoms with E-state index >= 15 is 0 Å². The maximum Gasteiger partial charge on any atom is 0.345 e. The minimum atomic E-state index is -0.826. The molecule has 0 radical (unpaired) electrons. The lowest BCUT2D eigenvalue weighted by Crippen LogP contribution is -2.29. The number of carbonyl (C=O) groups is 1. The third-order valence-electron chi connectivity index (χ3n) is 5.30. The summed E-state index contributed by atoms with van der Waals surface area (Å²) in [6.07, 6.45) is 0. The minimum absolute atomic E-state index is 0.146. The normalized spacial score (nSPS) is 11.3. The van der Waals surface area contributed by atoms with Gasteiger partial charge in [0.15, 0.2) is 26.5 Å². The Bertz CT molecular complexity index is 1310. The molecule has 4 rings (SSSR count). The molecule has 0 fully saturated rings. The second-order valence-corrected chi connectivity index (χ2v) is 10.3. The van der Waals surface area contributed by atoms with Crippen molar-refractivity contribution in [3.63, 3.8) is 0 Å². The molecular weight excluding hydrogens is 416 g/mol.